The standard InChI is InChI=1S/C19H20N2O2S/c1-21(2)17(15-7-8-24-12-15)11-20-19(23)16-9-13-5-3-4-6-14(13)10-18(16)22/h3-10,12,17,22H,11H2,1-2H3,(H,20,23)/t17-/m0/s1. The number of fused-ring (bicyclic) bond motifs is 1. The van der Waals surface area contributed by atoms with E-state index in [9.17, 15) is 9.90 Å². The Balaban J connectivity index is 1.78. The van der Waals surface area contributed by atoms with E-state index in [4.69, 9.17) is 0 Å². The Morgan fingerprint density at radius 2 is 1.92 bits per heavy atom. The molecule has 0 fully saturated rings. The first-order chi connectivity index (χ1) is 11.6. The Labute approximate surface area is 145 Å². The third-order valence-electron chi connectivity index (χ3n) is 4.12. The van der Waals surface area contributed by atoms with Crippen molar-refractivity contribution < 1.29 is 9.90 Å². The summed E-state index contributed by atoms with van der Waals surface area (Å²) in [6, 6.07) is 13.2. The van der Waals surface area contributed by atoms with Crippen molar-refractivity contribution >= 4 is 28.0 Å². The molecule has 5 heteroatoms. The number of hydrogen-bond acceptors (Lipinski definition) is 4. The van der Waals surface area contributed by atoms with Crippen LogP contribution in [0.25, 0.3) is 10.8 Å². The van der Waals surface area contributed by atoms with Gasteiger partial charge in [-0.15, -0.1) is 0 Å². The second kappa shape index (κ2) is 7.03. The van der Waals surface area contributed by atoms with Gasteiger partial charge in [0.25, 0.3) is 5.91 Å². The van der Waals surface area contributed by atoms with Gasteiger partial charge < -0.3 is 15.3 Å². The molecule has 1 atom stereocenters. The zero-order valence-electron chi connectivity index (χ0n) is 13.7. The molecule has 0 aliphatic rings. The van der Waals surface area contributed by atoms with Crippen LogP contribution in [0.2, 0.25) is 0 Å². The highest BCUT2D eigenvalue weighted by Crippen LogP contribution is 2.25. The molecule has 1 heterocycles. The molecular weight excluding hydrogens is 320 g/mol. The number of amides is 1. The number of hydrogen-bond donors (Lipinski definition) is 2. The van der Waals surface area contributed by atoms with Gasteiger partial charge in [0, 0.05) is 6.54 Å². The van der Waals surface area contributed by atoms with Crippen LogP contribution >= 0.6 is 11.3 Å². The Kier molecular flexibility index (Phi) is 4.83. The number of nitrogens with one attached hydrogen (secondary N) is 1. The zero-order valence-corrected chi connectivity index (χ0v) is 14.5. The van der Waals surface area contributed by atoms with Gasteiger partial charge in [-0.25, -0.2) is 0 Å². The van der Waals surface area contributed by atoms with Crippen molar-refractivity contribution in [2.24, 2.45) is 0 Å². The van der Waals surface area contributed by atoms with Crippen molar-refractivity contribution in [3.8, 4) is 5.75 Å². The van der Waals surface area contributed by atoms with E-state index in [1.165, 1.54) is 5.56 Å². The molecule has 0 saturated carbocycles. The maximum Gasteiger partial charge on any atom is 0.255 e. The molecule has 0 spiro atoms. The highest BCUT2D eigenvalue weighted by atomic mass is 32.1. The Bertz CT molecular complexity index is 844. The van der Waals surface area contributed by atoms with Crippen LogP contribution in [0, 0.1) is 0 Å². The third kappa shape index (κ3) is 3.42. The lowest BCUT2D eigenvalue weighted by molar-refractivity contribution is 0.0939. The Morgan fingerprint density at radius 3 is 2.54 bits per heavy atom. The molecule has 0 aliphatic carbocycles. The number of carbonyl (C=O) groups is 1. The number of carbonyl (C=O) groups excluding carboxylic acids is 1. The minimum atomic E-state index is -0.264. The summed E-state index contributed by atoms with van der Waals surface area (Å²) in [5.41, 5.74) is 1.48. The summed E-state index contributed by atoms with van der Waals surface area (Å²) in [5.74, 6) is -0.261. The average molecular weight is 340 g/mol. The highest BCUT2D eigenvalue weighted by molar-refractivity contribution is 7.07. The molecule has 4 nitrogen and oxygen atoms in total. The topological polar surface area (TPSA) is 52.6 Å². The maximum absolute atomic E-state index is 12.5. The highest BCUT2D eigenvalue weighted by Gasteiger charge is 2.18. The van der Waals surface area contributed by atoms with E-state index in [1.54, 1.807) is 23.5 Å². The van der Waals surface area contributed by atoms with Crippen molar-refractivity contribution in [2.75, 3.05) is 20.6 Å². The van der Waals surface area contributed by atoms with Crippen LogP contribution in [-0.4, -0.2) is 36.6 Å². The van der Waals surface area contributed by atoms with Crippen molar-refractivity contribution in [3.05, 3.63) is 64.4 Å². The SMILES string of the molecule is CN(C)[C@@H](CNC(=O)c1cc2ccccc2cc1O)c1ccsc1. The van der Waals surface area contributed by atoms with Gasteiger partial charge in [-0.2, -0.15) is 11.3 Å². The molecule has 0 bridgehead atoms. The van der Waals surface area contributed by atoms with Crippen LogP contribution in [-0.2, 0) is 0 Å². The van der Waals surface area contributed by atoms with Gasteiger partial charge in [0.15, 0.2) is 0 Å². The summed E-state index contributed by atoms with van der Waals surface area (Å²) in [6.07, 6.45) is 0. The van der Waals surface area contributed by atoms with Gasteiger partial charge in [0.05, 0.1) is 11.6 Å². The number of aromatic hydroxyl groups is 1. The van der Waals surface area contributed by atoms with E-state index < -0.39 is 0 Å². The Morgan fingerprint density at radius 1 is 1.21 bits per heavy atom. The fourth-order valence-electron chi connectivity index (χ4n) is 2.76. The van der Waals surface area contributed by atoms with Crippen LogP contribution in [0.3, 0.4) is 0 Å². The molecule has 1 aromatic heterocycles. The first-order valence-electron chi connectivity index (χ1n) is 7.74. The van der Waals surface area contributed by atoms with Crippen LogP contribution in [0.1, 0.15) is 22.0 Å². The molecule has 124 valence electrons. The number of phenols is 1. The quantitative estimate of drug-likeness (QED) is 0.745. The first-order valence-corrected chi connectivity index (χ1v) is 8.69. The largest absolute Gasteiger partial charge is 0.507 e. The summed E-state index contributed by atoms with van der Waals surface area (Å²) in [4.78, 5) is 14.6. The van der Waals surface area contributed by atoms with E-state index in [0.29, 0.717) is 12.1 Å². The molecule has 0 radical (unpaired) electrons. The van der Waals surface area contributed by atoms with Crippen LogP contribution in [0.15, 0.2) is 53.2 Å². The number of rotatable bonds is 5. The van der Waals surface area contributed by atoms with Gasteiger partial charge >= 0.3 is 0 Å². The van der Waals surface area contributed by atoms with Crippen molar-refractivity contribution in [1.29, 1.82) is 0 Å². The number of likely N-dealkylation sites (N-methyl/N-ethyl adjacent to an activating group) is 1. The minimum absolute atomic E-state index is 0.00290. The summed E-state index contributed by atoms with van der Waals surface area (Å²) in [5, 5.41) is 19.1. The van der Waals surface area contributed by atoms with E-state index >= 15 is 0 Å². The molecule has 2 N–H and O–H groups in total. The molecule has 3 aromatic rings. The molecule has 0 aliphatic heterocycles. The molecule has 0 unspecified atom stereocenters. The Hall–Kier alpha value is -2.37. The van der Waals surface area contributed by atoms with Gasteiger partial charge in [-0.05, 0) is 59.4 Å². The number of thiophene rings is 1. The van der Waals surface area contributed by atoms with Gasteiger partial charge in [-0.1, -0.05) is 24.3 Å². The fraction of sp³-hybridized carbons (Fsp3) is 0.211. The van der Waals surface area contributed by atoms with E-state index in [2.05, 4.69) is 21.7 Å². The summed E-state index contributed by atoms with van der Waals surface area (Å²) in [6.45, 7) is 0.481. The minimum Gasteiger partial charge on any atom is -0.507 e. The smallest absolute Gasteiger partial charge is 0.255 e. The lowest BCUT2D eigenvalue weighted by Gasteiger charge is -2.24. The van der Waals surface area contributed by atoms with Gasteiger partial charge in [0.2, 0.25) is 0 Å². The van der Waals surface area contributed by atoms with Crippen molar-refractivity contribution in [3.63, 3.8) is 0 Å². The van der Waals surface area contributed by atoms with Crippen molar-refractivity contribution in [1.82, 2.24) is 10.2 Å². The van der Waals surface area contributed by atoms with Crippen LogP contribution in [0.4, 0.5) is 0 Å². The summed E-state index contributed by atoms with van der Waals surface area (Å²) >= 11 is 1.64. The maximum atomic E-state index is 12.5. The van der Waals surface area contributed by atoms with Crippen LogP contribution in [0.5, 0.6) is 5.75 Å². The number of phenolic OH excluding ortho intramolecular Hbond substituents is 1. The average Bonchev–Trinajstić information content (AvgIpc) is 3.08. The lowest BCUT2D eigenvalue weighted by atomic mass is 10.0. The predicted octanol–water partition coefficient (Wildman–Crippen LogP) is 3.64. The van der Waals surface area contributed by atoms with Gasteiger partial charge in [0.1, 0.15) is 5.75 Å². The molecule has 1 amide bonds. The lowest BCUT2D eigenvalue weighted by Crippen LogP contribution is -2.34. The number of benzene rings is 2. The van der Waals surface area contributed by atoms with Crippen molar-refractivity contribution in [2.45, 2.75) is 6.04 Å². The monoisotopic (exact) mass is 340 g/mol. The van der Waals surface area contributed by atoms with Gasteiger partial charge in [-0.3, -0.25) is 4.79 Å². The van der Waals surface area contributed by atoms with Crippen LogP contribution < -0.4 is 5.32 Å². The van der Waals surface area contributed by atoms with E-state index in [1.807, 2.05) is 43.7 Å². The van der Waals surface area contributed by atoms with E-state index in [-0.39, 0.29) is 17.7 Å². The third-order valence-corrected chi connectivity index (χ3v) is 4.82. The zero-order chi connectivity index (χ0) is 17.1. The molecule has 24 heavy (non-hydrogen) atoms. The second-order valence-electron chi connectivity index (χ2n) is 5.96. The first kappa shape index (κ1) is 16.5. The molecule has 3 rings (SSSR count). The molecule has 0 saturated heterocycles. The number of nitrogens with zero attached hydrogens (tertiary/aromatic N) is 1. The van der Waals surface area contributed by atoms with E-state index in [0.717, 1.165) is 10.8 Å². The molecule has 2 aromatic carbocycles. The summed E-state index contributed by atoms with van der Waals surface area (Å²) < 4.78 is 0. The fourth-order valence-corrected chi connectivity index (χ4v) is 3.46. The normalized spacial score (nSPS) is 12.5. The molecular formula is C19H20N2O2S. The summed E-state index contributed by atoms with van der Waals surface area (Å²) in [7, 11) is 3.98. The second-order valence-corrected chi connectivity index (χ2v) is 6.74. The predicted molar refractivity (Wildman–Crippen MR) is 98.7 cm³/mol.